The number of amides is 1. The number of nitrogens with one attached hydrogen (secondary N) is 1. The molecule has 0 radical (unpaired) electrons. The zero-order chi connectivity index (χ0) is 15.4. The fraction of sp³-hybridized carbons (Fsp3) is 0.333. The van der Waals surface area contributed by atoms with Gasteiger partial charge in [0, 0.05) is 18.9 Å². The molecule has 0 saturated heterocycles. The van der Waals surface area contributed by atoms with Crippen LogP contribution < -0.4 is 5.32 Å². The average molecular weight is 294 g/mol. The van der Waals surface area contributed by atoms with E-state index >= 15 is 0 Å². The molecule has 0 fully saturated rings. The van der Waals surface area contributed by atoms with Crippen molar-refractivity contribution < 1.29 is 18.0 Å². The number of aryl methyl sites for hydroxylation is 1. The SMILES string of the molecule is CC(C)NC(=O)CCc1ncc(-c2c(F)cccc2F)o1. The third-order valence-corrected chi connectivity index (χ3v) is 2.78. The van der Waals surface area contributed by atoms with E-state index in [9.17, 15) is 13.6 Å². The highest BCUT2D eigenvalue weighted by atomic mass is 19.1. The zero-order valence-corrected chi connectivity index (χ0v) is 11.8. The van der Waals surface area contributed by atoms with E-state index in [-0.39, 0.29) is 42.0 Å². The molecule has 1 heterocycles. The van der Waals surface area contributed by atoms with Gasteiger partial charge in [0.25, 0.3) is 0 Å². The van der Waals surface area contributed by atoms with Gasteiger partial charge in [-0.05, 0) is 26.0 Å². The van der Waals surface area contributed by atoms with Gasteiger partial charge in [-0.15, -0.1) is 0 Å². The number of aromatic nitrogens is 1. The fourth-order valence-electron chi connectivity index (χ4n) is 1.89. The predicted molar refractivity (Wildman–Crippen MR) is 73.5 cm³/mol. The maximum absolute atomic E-state index is 13.6. The lowest BCUT2D eigenvalue weighted by Crippen LogP contribution is -2.30. The quantitative estimate of drug-likeness (QED) is 0.922. The number of benzene rings is 1. The van der Waals surface area contributed by atoms with E-state index in [1.54, 1.807) is 0 Å². The van der Waals surface area contributed by atoms with Crippen LogP contribution in [0.25, 0.3) is 11.3 Å². The molecular formula is C15H16F2N2O2. The average Bonchev–Trinajstić information content (AvgIpc) is 2.84. The standard InChI is InChI=1S/C15H16F2N2O2/c1-9(2)19-13(20)6-7-14-18-8-12(21-14)15-10(16)4-3-5-11(15)17/h3-5,8-9H,6-7H2,1-2H3,(H,19,20). The summed E-state index contributed by atoms with van der Waals surface area (Å²) in [5, 5.41) is 2.74. The van der Waals surface area contributed by atoms with Gasteiger partial charge in [0.1, 0.15) is 11.6 Å². The zero-order valence-electron chi connectivity index (χ0n) is 11.8. The second-order valence-electron chi connectivity index (χ2n) is 4.94. The van der Waals surface area contributed by atoms with Gasteiger partial charge in [0.15, 0.2) is 11.7 Å². The molecule has 0 bridgehead atoms. The number of hydrogen-bond donors (Lipinski definition) is 1. The van der Waals surface area contributed by atoms with E-state index in [0.717, 1.165) is 12.1 Å². The second kappa shape index (κ2) is 6.47. The van der Waals surface area contributed by atoms with Crippen molar-refractivity contribution in [2.24, 2.45) is 0 Å². The highest BCUT2D eigenvalue weighted by molar-refractivity contribution is 5.76. The van der Waals surface area contributed by atoms with Gasteiger partial charge in [-0.25, -0.2) is 13.8 Å². The molecule has 1 N–H and O–H groups in total. The minimum Gasteiger partial charge on any atom is -0.441 e. The highest BCUT2D eigenvalue weighted by Gasteiger charge is 2.16. The molecule has 0 atom stereocenters. The Balaban J connectivity index is 2.07. The van der Waals surface area contributed by atoms with E-state index in [1.165, 1.54) is 12.3 Å². The van der Waals surface area contributed by atoms with Crippen molar-refractivity contribution in [3.05, 3.63) is 41.9 Å². The van der Waals surface area contributed by atoms with Crippen LogP contribution in [-0.2, 0) is 11.2 Å². The first-order valence-corrected chi connectivity index (χ1v) is 6.66. The van der Waals surface area contributed by atoms with Crippen LogP contribution in [0.4, 0.5) is 8.78 Å². The molecule has 0 aliphatic carbocycles. The van der Waals surface area contributed by atoms with Crippen molar-refractivity contribution in [3.8, 4) is 11.3 Å². The van der Waals surface area contributed by atoms with Crippen LogP contribution in [0, 0.1) is 11.6 Å². The van der Waals surface area contributed by atoms with E-state index in [1.807, 2.05) is 13.8 Å². The molecule has 0 aliphatic rings. The predicted octanol–water partition coefficient (Wildman–Crippen LogP) is 3.08. The minimum absolute atomic E-state index is 0.0184. The Kier molecular flexibility index (Phi) is 4.67. The minimum atomic E-state index is -0.713. The maximum atomic E-state index is 13.6. The largest absolute Gasteiger partial charge is 0.441 e. The first-order valence-electron chi connectivity index (χ1n) is 6.66. The number of oxazole rings is 1. The van der Waals surface area contributed by atoms with Crippen LogP contribution in [0.1, 0.15) is 26.2 Å². The summed E-state index contributed by atoms with van der Waals surface area (Å²) >= 11 is 0. The van der Waals surface area contributed by atoms with Gasteiger partial charge in [-0.2, -0.15) is 0 Å². The molecular weight excluding hydrogens is 278 g/mol. The second-order valence-corrected chi connectivity index (χ2v) is 4.94. The highest BCUT2D eigenvalue weighted by Crippen LogP contribution is 2.26. The summed E-state index contributed by atoms with van der Waals surface area (Å²) in [7, 11) is 0. The van der Waals surface area contributed by atoms with Crippen molar-refractivity contribution in [2.75, 3.05) is 0 Å². The van der Waals surface area contributed by atoms with Gasteiger partial charge in [-0.3, -0.25) is 4.79 Å². The van der Waals surface area contributed by atoms with E-state index in [0.29, 0.717) is 0 Å². The number of rotatable bonds is 5. The van der Waals surface area contributed by atoms with Gasteiger partial charge in [-0.1, -0.05) is 6.07 Å². The molecule has 21 heavy (non-hydrogen) atoms. The molecule has 0 unspecified atom stereocenters. The van der Waals surface area contributed by atoms with Crippen molar-refractivity contribution in [1.29, 1.82) is 0 Å². The lowest BCUT2D eigenvalue weighted by atomic mass is 10.1. The number of halogens is 2. The van der Waals surface area contributed by atoms with E-state index in [2.05, 4.69) is 10.3 Å². The first kappa shape index (κ1) is 15.2. The third-order valence-electron chi connectivity index (χ3n) is 2.78. The van der Waals surface area contributed by atoms with Crippen molar-refractivity contribution in [3.63, 3.8) is 0 Å². The fourth-order valence-corrected chi connectivity index (χ4v) is 1.89. The van der Waals surface area contributed by atoms with Crippen LogP contribution in [0.2, 0.25) is 0 Å². The third kappa shape index (κ3) is 3.87. The molecule has 4 nitrogen and oxygen atoms in total. The lowest BCUT2D eigenvalue weighted by Gasteiger charge is -2.06. The smallest absolute Gasteiger partial charge is 0.220 e. The number of carbonyl (C=O) groups is 1. The Morgan fingerprint density at radius 1 is 1.33 bits per heavy atom. The molecule has 1 aromatic carbocycles. The van der Waals surface area contributed by atoms with E-state index in [4.69, 9.17) is 4.42 Å². The van der Waals surface area contributed by atoms with Crippen molar-refractivity contribution in [1.82, 2.24) is 10.3 Å². The molecule has 0 aliphatic heterocycles. The molecule has 2 rings (SSSR count). The first-order chi connectivity index (χ1) is 9.97. The van der Waals surface area contributed by atoms with Crippen LogP contribution in [0.15, 0.2) is 28.8 Å². The van der Waals surface area contributed by atoms with Crippen LogP contribution in [-0.4, -0.2) is 16.9 Å². The summed E-state index contributed by atoms with van der Waals surface area (Å²) in [4.78, 5) is 15.5. The Labute approximate surface area is 121 Å². The molecule has 112 valence electrons. The topological polar surface area (TPSA) is 55.1 Å². The molecule has 0 spiro atoms. The Bertz CT molecular complexity index is 618. The Hall–Kier alpha value is -2.24. The maximum Gasteiger partial charge on any atom is 0.220 e. The van der Waals surface area contributed by atoms with Gasteiger partial charge in [0.05, 0.1) is 11.8 Å². The van der Waals surface area contributed by atoms with Crippen molar-refractivity contribution in [2.45, 2.75) is 32.7 Å². The summed E-state index contributed by atoms with van der Waals surface area (Å²) in [5.74, 6) is -1.26. The summed E-state index contributed by atoms with van der Waals surface area (Å²) in [6, 6.07) is 3.64. The van der Waals surface area contributed by atoms with Crippen LogP contribution >= 0.6 is 0 Å². The van der Waals surface area contributed by atoms with Gasteiger partial charge in [0.2, 0.25) is 5.91 Å². The number of carbonyl (C=O) groups excluding carboxylic acids is 1. The lowest BCUT2D eigenvalue weighted by molar-refractivity contribution is -0.121. The van der Waals surface area contributed by atoms with Crippen LogP contribution in [0.5, 0.6) is 0 Å². The summed E-state index contributed by atoms with van der Waals surface area (Å²) in [6.45, 7) is 3.73. The summed E-state index contributed by atoms with van der Waals surface area (Å²) in [6.07, 6.45) is 1.74. The Morgan fingerprint density at radius 3 is 2.62 bits per heavy atom. The van der Waals surface area contributed by atoms with Crippen molar-refractivity contribution >= 4 is 5.91 Å². The summed E-state index contributed by atoms with van der Waals surface area (Å²) in [5.41, 5.74) is -0.247. The molecule has 2 aromatic rings. The normalized spacial score (nSPS) is 10.9. The monoisotopic (exact) mass is 294 g/mol. The Morgan fingerprint density at radius 2 is 2.00 bits per heavy atom. The van der Waals surface area contributed by atoms with Crippen LogP contribution in [0.3, 0.4) is 0 Å². The molecule has 1 aromatic heterocycles. The molecule has 1 amide bonds. The van der Waals surface area contributed by atoms with Gasteiger partial charge >= 0.3 is 0 Å². The number of nitrogens with zero attached hydrogens (tertiary/aromatic N) is 1. The van der Waals surface area contributed by atoms with E-state index < -0.39 is 11.6 Å². The molecule has 6 heteroatoms. The summed E-state index contributed by atoms with van der Waals surface area (Å²) < 4.78 is 32.5. The molecule has 0 saturated carbocycles. The van der Waals surface area contributed by atoms with Gasteiger partial charge < -0.3 is 9.73 Å². The number of hydrogen-bond acceptors (Lipinski definition) is 3.